The van der Waals surface area contributed by atoms with Gasteiger partial charge in [0.2, 0.25) is 0 Å². The Labute approximate surface area is 102 Å². The van der Waals surface area contributed by atoms with Gasteiger partial charge < -0.3 is 46.6 Å². The summed E-state index contributed by atoms with van der Waals surface area (Å²) in [4.78, 5) is 26.9. The van der Waals surface area contributed by atoms with Gasteiger partial charge in [0, 0.05) is 0 Å². The van der Waals surface area contributed by atoms with Crippen LogP contribution in [0.3, 0.4) is 0 Å². The molecule has 9 N–H and O–H groups in total. The second-order valence-electron chi connectivity index (χ2n) is 2.76. The number of hydrogen-bond acceptors (Lipinski definition) is 8. The lowest BCUT2D eigenvalue weighted by atomic mass is 10.0. The van der Waals surface area contributed by atoms with E-state index in [2.05, 4.69) is 11.5 Å². The largest absolute Gasteiger partial charge is 0.394 e. The maximum atomic E-state index is 9.90. The first kappa shape index (κ1) is 21.7. The van der Waals surface area contributed by atoms with Crippen LogP contribution in [-0.4, -0.2) is 75.7 Å². The Morgan fingerprint density at radius 1 is 1.11 bits per heavy atom. The molecule has 10 heteroatoms. The van der Waals surface area contributed by atoms with Crippen LogP contribution < -0.4 is 11.5 Å². The van der Waals surface area contributed by atoms with Gasteiger partial charge in [-0.15, -0.1) is 0 Å². The maximum absolute atomic E-state index is 9.90. The van der Waals surface area contributed by atoms with Gasteiger partial charge in [0.1, 0.15) is 31.2 Å². The van der Waals surface area contributed by atoms with E-state index in [9.17, 15) is 4.79 Å². The van der Waals surface area contributed by atoms with E-state index in [4.69, 9.17) is 35.1 Å². The second-order valence-corrected chi connectivity index (χ2v) is 2.76. The predicted molar refractivity (Wildman–Crippen MR) is 58.1 cm³/mol. The number of hydrogen-bond donors (Lipinski definition) is 7. The third-order valence-corrected chi connectivity index (χ3v) is 1.42. The summed E-state index contributed by atoms with van der Waals surface area (Å²) >= 11 is 0. The predicted octanol–water partition coefficient (Wildman–Crippen LogP) is -4.54. The molecule has 0 saturated carbocycles. The Balaban J connectivity index is -0.000000317. The monoisotopic (exact) mass is 270 g/mol. The molecule has 0 spiro atoms. The molecule has 18 heavy (non-hydrogen) atoms. The molecule has 0 aliphatic rings. The lowest BCUT2D eigenvalue weighted by molar-refractivity contribution is -0.136. The van der Waals surface area contributed by atoms with Gasteiger partial charge in [0.25, 0.3) is 0 Å². The molecule has 108 valence electrons. The normalized spacial score (nSPS) is 15.6. The van der Waals surface area contributed by atoms with Crippen molar-refractivity contribution >= 4 is 19.1 Å². The summed E-state index contributed by atoms with van der Waals surface area (Å²) in [7, 11) is 0. The van der Waals surface area contributed by atoms with Crippen LogP contribution in [0.25, 0.3) is 0 Å². The minimum atomic E-state index is -1.79. The van der Waals surface area contributed by atoms with Crippen molar-refractivity contribution in [2.45, 2.75) is 24.4 Å². The number of carbonyl (C=O) groups is 3. The standard InChI is InChI=1S/C6H12O6.CH4N2O.CH2O/c7-1-3(9)5(11)6(12)4(10)2-8;2-1(3)4;1-2/h1,3-6,8-12H,2H2;(H4,2,3,4);1H2. The van der Waals surface area contributed by atoms with Crippen LogP contribution in [-0.2, 0) is 9.59 Å². The molecule has 0 heterocycles. The molecule has 0 aromatic rings. The van der Waals surface area contributed by atoms with E-state index in [1.54, 1.807) is 0 Å². The molecule has 0 saturated heterocycles. The third kappa shape index (κ3) is 12.5. The number of amides is 2. The first-order valence-electron chi connectivity index (χ1n) is 4.40. The molecule has 4 atom stereocenters. The Bertz CT molecular complexity index is 223. The minimum absolute atomic E-state index is 0.0258. The van der Waals surface area contributed by atoms with Gasteiger partial charge in [-0.2, -0.15) is 0 Å². The first-order chi connectivity index (χ1) is 8.27. The average molecular weight is 270 g/mol. The fourth-order valence-corrected chi connectivity index (χ4v) is 0.618. The molecule has 0 aromatic heterocycles. The molecule has 10 nitrogen and oxygen atoms in total. The Kier molecular flexibility index (Phi) is 16.2. The zero-order valence-corrected chi connectivity index (χ0v) is 9.42. The number of primary amides is 2. The van der Waals surface area contributed by atoms with E-state index in [1.165, 1.54) is 0 Å². The van der Waals surface area contributed by atoms with E-state index in [-0.39, 0.29) is 6.29 Å². The van der Waals surface area contributed by atoms with Gasteiger partial charge in [-0.1, -0.05) is 0 Å². The highest BCUT2D eigenvalue weighted by atomic mass is 16.4. The molecule has 0 bridgehead atoms. The molecule has 0 radical (unpaired) electrons. The van der Waals surface area contributed by atoms with Crippen molar-refractivity contribution < 1.29 is 39.9 Å². The van der Waals surface area contributed by atoms with Gasteiger partial charge in [0.05, 0.1) is 6.61 Å². The lowest BCUT2D eigenvalue weighted by Crippen LogP contribution is -2.46. The summed E-state index contributed by atoms with van der Waals surface area (Å²) < 4.78 is 0. The fourth-order valence-electron chi connectivity index (χ4n) is 0.618. The van der Waals surface area contributed by atoms with E-state index >= 15 is 0 Å². The van der Waals surface area contributed by atoms with Crippen LogP contribution in [0.1, 0.15) is 0 Å². The number of rotatable bonds is 5. The highest BCUT2D eigenvalue weighted by Crippen LogP contribution is 2.02. The van der Waals surface area contributed by atoms with Crippen molar-refractivity contribution in [1.29, 1.82) is 0 Å². The zero-order chi connectivity index (χ0) is 15.3. The van der Waals surface area contributed by atoms with Crippen molar-refractivity contribution in [3.63, 3.8) is 0 Å². The van der Waals surface area contributed by atoms with Crippen molar-refractivity contribution in [2.75, 3.05) is 6.61 Å². The molecule has 0 fully saturated rings. The van der Waals surface area contributed by atoms with Gasteiger partial charge in [-0.05, 0) is 0 Å². The fraction of sp³-hybridized carbons (Fsp3) is 0.625. The smallest absolute Gasteiger partial charge is 0.309 e. The quantitative estimate of drug-likeness (QED) is 0.241. The second kappa shape index (κ2) is 13.5. The van der Waals surface area contributed by atoms with E-state index in [1.807, 2.05) is 6.79 Å². The SMILES string of the molecule is C=O.NC(N)=O.O=CC(O)C(O)C(O)C(O)CO. The molecule has 0 aliphatic heterocycles. The Morgan fingerprint density at radius 3 is 1.67 bits per heavy atom. The Hall–Kier alpha value is -1.59. The van der Waals surface area contributed by atoms with E-state index in [0.717, 1.165) is 0 Å². The summed E-state index contributed by atoms with van der Waals surface area (Å²) in [5.41, 5.74) is 8.50. The molecule has 4 unspecified atom stereocenters. The molecular formula is C8H18N2O8. The summed E-state index contributed by atoms with van der Waals surface area (Å²) in [5, 5.41) is 43.5. The molecule has 2 amide bonds. The highest BCUT2D eigenvalue weighted by Gasteiger charge is 2.29. The van der Waals surface area contributed by atoms with Gasteiger partial charge in [-0.3, -0.25) is 0 Å². The van der Waals surface area contributed by atoms with Gasteiger partial charge in [0.15, 0.2) is 6.29 Å². The van der Waals surface area contributed by atoms with Crippen molar-refractivity contribution in [2.24, 2.45) is 11.5 Å². The summed E-state index contributed by atoms with van der Waals surface area (Å²) in [6.45, 7) is 1.24. The number of urea groups is 1. The van der Waals surface area contributed by atoms with Crippen LogP contribution in [0.15, 0.2) is 0 Å². The minimum Gasteiger partial charge on any atom is -0.394 e. The van der Waals surface area contributed by atoms with Crippen LogP contribution in [0.4, 0.5) is 4.79 Å². The van der Waals surface area contributed by atoms with E-state index in [0.29, 0.717) is 0 Å². The number of aliphatic hydroxyl groups is 5. The topological polar surface area (TPSA) is 204 Å². The number of aliphatic hydroxyl groups excluding tert-OH is 5. The third-order valence-electron chi connectivity index (χ3n) is 1.42. The molecule has 0 aromatic carbocycles. The average Bonchev–Trinajstić information content (AvgIpc) is 2.36. The van der Waals surface area contributed by atoms with Crippen molar-refractivity contribution in [3.8, 4) is 0 Å². The van der Waals surface area contributed by atoms with Crippen molar-refractivity contribution in [3.05, 3.63) is 0 Å². The lowest BCUT2D eigenvalue weighted by Gasteiger charge is -2.22. The zero-order valence-electron chi connectivity index (χ0n) is 9.42. The summed E-state index contributed by atoms with van der Waals surface area (Å²) in [6.07, 6.45) is -6.84. The van der Waals surface area contributed by atoms with Crippen LogP contribution in [0.5, 0.6) is 0 Å². The molecule has 0 aliphatic carbocycles. The summed E-state index contributed by atoms with van der Waals surface area (Å²) in [5.74, 6) is 0. The molecule has 0 rings (SSSR count). The molecular weight excluding hydrogens is 252 g/mol. The highest BCUT2D eigenvalue weighted by molar-refractivity contribution is 5.69. The number of aldehydes is 1. The van der Waals surface area contributed by atoms with Gasteiger partial charge >= 0.3 is 6.03 Å². The van der Waals surface area contributed by atoms with Crippen LogP contribution in [0.2, 0.25) is 0 Å². The van der Waals surface area contributed by atoms with Crippen LogP contribution in [0, 0.1) is 0 Å². The van der Waals surface area contributed by atoms with Crippen molar-refractivity contribution in [1.82, 2.24) is 0 Å². The first-order valence-corrected chi connectivity index (χ1v) is 4.40. The van der Waals surface area contributed by atoms with Gasteiger partial charge in [-0.25, -0.2) is 4.79 Å². The summed E-state index contributed by atoms with van der Waals surface area (Å²) in [6, 6.07) is -0.833. The number of carbonyl (C=O) groups excluding carboxylic acids is 3. The van der Waals surface area contributed by atoms with Crippen LogP contribution >= 0.6 is 0 Å². The van der Waals surface area contributed by atoms with E-state index < -0.39 is 37.1 Å². The Morgan fingerprint density at radius 2 is 1.44 bits per heavy atom. The maximum Gasteiger partial charge on any atom is 0.309 e. The number of nitrogens with two attached hydrogens (primary N) is 2.